The van der Waals surface area contributed by atoms with Gasteiger partial charge in [-0.1, -0.05) is 19.1 Å². The molecule has 0 aliphatic carbocycles. The molecule has 1 aromatic heterocycles. The maximum Gasteiger partial charge on any atom is 0.326 e. The molecule has 0 radical (unpaired) electrons. The molecule has 4 nitrogen and oxygen atoms in total. The van der Waals surface area contributed by atoms with Gasteiger partial charge in [-0.2, -0.15) is 0 Å². The van der Waals surface area contributed by atoms with Gasteiger partial charge in [0.15, 0.2) is 0 Å². The van der Waals surface area contributed by atoms with Gasteiger partial charge in [0.25, 0.3) is 0 Å². The molecular formula is C13H17N3O. The Labute approximate surface area is 99.6 Å². The lowest BCUT2D eigenvalue weighted by atomic mass is 9.95. The summed E-state index contributed by atoms with van der Waals surface area (Å²) >= 11 is 0. The highest BCUT2D eigenvalue weighted by Gasteiger charge is 2.25. The van der Waals surface area contributed by atoms with Gasteiger partial charge in [0, 0.05) is 6.04 Å². The summed E-state index contributed by atoms with van der Waals surface area (Å²) in [5, 5.41) is 3.37. The number of hydrogen-bond donors (Lipinski definition) is 2. The maximum atomic E-state index is 12.1. The molecule has 0 spiro atoms. The average molecular weight is 231 g/mol. The molecule has 2 atom stereocenters. The first-order valence-electron chi connectivity index (χ1n) is 6.17. The summed E-state index contributed by atoms with van der Waals surface area (Å²) < 4.78 is 1.93. The van der Waals surface area contributed by atoms with Crippen LogP contribution in [0.3, 0.4) is 0 Å². The van der Waals surface area contributed by atoms with Crippen molar-refractivity contribution in [2.75, 3.05) is 13.1 Å². The predicted octanol–water partition coefficient (Wildman–Crippen LogP) is 1.50. The van der Waals surface area contributed by atoms with Crippen LogP contribution in [0, 0.1) is 5.92 Å². The van der Waals surface area contributed by atoms with Crippen molar-refractivity contribution in [2.45, 2.75) is 19.4 Å². The van der Waals surface area contributed by atoms with Crippen LogP contribution in [0.15, 0.2) is 29.1 Å². The number of hydrogen-bond acceptors (Lipinski definition) is 2. The molecule has 0 bridgehead atoms. The van der Waals surface area contributed by atoms with Gasteiger partial charge >= 0.3 is 5.69 Å². The van der Waals surface area contributed by atoms with Gasteiger partial charge in [0.2, 0.25) is 0 Å². The van der Waals surface area contributed by atoms with Crippen LogP contribution >= 0.6 is 0 Å². The van der Waals surface area contributed by atoms with Crippen molar-refractivity contribution in [3.63, 3.8) is 0 Å². The standard InChI is InChI=1S/C13H17N3O/c1-9-8-14-7-6-11(9)16-12-5-3-2-4-10(12)15-13(16)17/h2-5,9,11,14H,6-8H2,1H3,(H,15,17)/t9-,11-/m0/s1. The number of piperidine rings is 1. The summed E-state index contributed by atoms with van der Waals surface area (Å²) in [6.45, 7) is 4.17. The van der Waals surface area contributed by atoms with Crippen LogP contribution in [0.1, 0.15) is 19.4 Å². The highest BCUT2D eigenvalue weighted by atomic mass is 16.1. The summed E-state index contributed by atoms with van der Waals surface area (Å²) in [5.74, 6) is 0.487. The number of para-hydroxylation sites is 2. The van der Waals surface area contributed by atoms with E-state index in [1.807, 2.05) is 28.8 Å². The molecule has 1 aliphatic rings. The van der Waals surface area contributed by atoms with E-state index < -0.39 is 0 Å². The molecule has 1 aromatic carbocycles. The zero-order valence-corrected chi connectivity index (χ0v) is 9.94. The molecule has 2 heterocycles. The quantitative estimate of drug-likeness (QED) is 0.781. The monoisotopic (exact) mass is 231 g/mol. The summed E-state index contributed by atoms with van der Waals surface area (Å²) in [5.41, 5.74) is 1.98. The Bertz CT molecular complexity index is 584. The van der Waals surface area contributed by atoms with Gasteiger partial charge in [0.05, 0.1) is 11.0 Å². The Morgan fingerprint density at radius 3 is 3.00 bits per heavy atom. The fourth-order valence-electron chi connectivity index (χ4n) is 2.79. The second-order valence-corrected chi connectivity index (χ2v) is 4.85. The summed E-state index contributed by atoms with van der Waals surface area (Å²) in [6.07, 6.45) is 1.02. The van der Waals surface area contributed by atoms with E-state index in [0.29, 0.717) is 12.0 Å². The van der Waals surface area contributed by atoms with Crippen LogP contribution < -0.4 is 11.0 Å². The van der Waals surface area contributed by atoms with E-state index in [4.69, 9.17) is 0 Å². The van der Waals surface area contributed by atoms with Gasteiger partial charge in [-0.25, -0.2) is 4.79 Å². The van der Waals surface area contributed by atoms with Gasteiger partial charge < -0.3 is 10.3 Å². The van der Waals surface area contributed by atoms with Crippen molar-refractivity contribution in [1.29, 1.82) is 0 Å². The Balaban J connectivity index is 2.15. The average Bonchev–Trinajstić information content (AvgIpc) is 2.66. The fraction of sp³-hybridized carbons (Fsp3) is 0.462. The lowest BCUT2D eigenvalue weighted by molar-refractivity contribution is 0.274. The third-order valence-electron chi connectivity index (χ3n) is 3.70. The molecule has 2 N–H and O–H groups in total. The molecule has 1 saturated heterocycles. The van der Waals surface area contributed by atoms with E-state index in [1.54, 1.807) is 0 Å². The van der Waals surface area contributed by atoms with E-state index in [-0.39, 0.29) is 5.69 Å². The van der Waals surface area contributed by atoms with Crippen molar-refractivity contribution in [1.82, 2.24) is 14.9 Å². The lowest BCUT2D eigenvalue weighted by Gasteiger charge is -2.30. The highest BCUT2D eigenvalue weighted by Crippen LogP contribution is 2.26. The van der Waals surface area contributed by atoms with E-state index >= 15 is 0 Å². The maximum absolute atomic E-state index is 12.1. The van der Waals surface area contributed by atoms with E-state index in [2.05, 4.69) is 17.2 Å². The SMILES string of the molecule is C[C@H]1CNCC[C@@H]1n1c(=O)[nH]c2ccccc21. The Morgan fingerprint density at radius 2 is 2.18 bits per heavy atom. The molecule has 3 rings (SSSR count). The molecule has 4 heteroatoms. The first-order chi connectivity index (χ1) is 8.27. The Hall–Kier alpha value is -1.55. The van der Waals surface area contributed by atoms with Gasteiger partial charge in [-0.3, -0.25) is 4.57 Å². The normalized spacial score (nSPS) is 25.2. The van der Waals surface area contributed by atoms with Crippen LogP contribution in [0.25, 0.3) is 11.0 Å². The zero-order valence-electron chi connectivity index (χ0n) is 9.94. The minimum absolute atomic E-state index is 0.0185. The van der Waals surface area contributed by atoms with Crippen molar-refractivity contribution in [2.24, 2.45) is 5.92 Å². The number of fused-ring (bicyclic) bond motifs is 1. The van der Waals surface area contributed by atoms with E-state index in [9.17, 15) is 4.79 Å². The number of benzene rings is 1. The van der Waals surface area contributed by atoms with Crippen LogP contribution in [-0.2, 0) is 0 Å². The molecule has 2 aromatic rings. The molecule has 17 heavy (non-hydrogen) atoms. The molecule has 1 aliphatic heterocycles. The molecule has 0 amide bonds. The Kier molecular flexibility index (Phi) is 2.52. The largest absolute Gasteiger partial charge is 0.326 e. The molecule has 0 saturated carbocycles. The smallest absolute Gasteiger partial charge is 0.316 e. The summed E-state index contributed by atoms with van der Waals surface area (Å²) in [7, 11) is 0. The third-order valence-corrected chi connectivity index (χ3v) is 3.70. The topological polar surface area (TPSA) is 49.8 Å². The zero-order chi connectivity index (χ0) is 11.8. The molecular weight excluding hydrogens is 214 g/mol. The minimum atomic E-state index is 0.0185. The number of aromatic amines is 1. The number of rotatable bonds is 1. The van der Waals surface area contributed by atoms with Gasteiger partial charge in [-0.15, -0.1) is 0 Å². The molecule has 0 unspecified atom stereocenters. The van der Waals surface area contributed by atoms with Crippen molar-refractivity contribution >= 4 is 11.0 Å². The summed E-state index contributed by atoms with van der Waals surface area (Å²) in [6, 6.07) is 8.22. The van der Waals surface area contributed by atoms with Crippen LogP contribution in [0.2, 0.25) is 0 Å². The minimum Gasteiger partial charge on any atom is -0.316 e. The number of aromatic nitrogens is 2. The summed E-state index contributed by atoms with van der Waals surface area (Å²) in [4.78, 5) is 15.0. The fourth-order valence-corrected chi connectivity index (χ4v) is 2.79. The Morgan fingerprint density at radius 1 is 1.35 bits per heavy atom. The van der Waals surface area contributed by atoms with Crippen LogP contribution in [-0.4, -0.2) is 22.6 Å². The van der Waals surface area contributed by atoms with Crippen molar-refractivity contribution < 1.29 is 0 Å². The molecule has 1 fully saturated rings. The first-order valence-corrected chi connectivity index (χ1v) is 6.17. The van der Waals surface area contributed by atoms with Gasteiger partial charge in [-0.05, 0) is 37.6 Å². The number of imidazole rings is 1. The van der Waals surface area contributed by atoms with Gasteiger partial charge in [0.1, 0.15) is 0 Å². The van der Waals surface area contributed by atoms with E-state index in [0.717, 1.165) is 30.5 Å². The number of H-pyrrole nitrogens is 1. The van der Waals surface area contributed by atoms with Crippen LogP contribution in [0.4, 0.5) is 0 Å². The van der Waals surface area contributed by atoms with E-state index in [1.165, 1.54) is 0 Å². The predicted molar refractivity (Wildman–Crippen MR) is 68.2 cm³/mol. The van der Waals surface area contributed by atoms with Crippen LogP contribution in [0.5, 0.6) is 0 Å². The molecule has 90 valence electrons. The second kappa shape index (κ2) is 4.04. The lowest BCUT2D eigenvalue weighted by Crippen LogP contribution is -2.39. The highest BCUT2D eigenvalue weighted by molar-refractivity contribution is 5.75. The van der Waals surface area contributed by atoms with Crippen molar-refractivity contribution in [3.05, 3.63) is 34.7 Å². The third kappa shape index (κ3) is 1.69. The number of nitrogens with zero attached hydrogens (tertiary/aromatic N) is 1. The number of nitrogens with one attached hydrogen (secondary N) is 2. The first kappa shape index (κ1) is 10.6. The van der Waals surface area contributed by atoms with Crippen molar-refractivity contribution in [3.8, 4) is 0 Å². The second-order valence-electron chi connectivity index (χ2n) is 4.85.